The van der Waals surface area contributed by atoms with Crippen molar-refractivity contribution in [2.45, 2.75) is 26.7 Å². The summed E-state index contributed by atoms with van der Waals surface area (Å²) in [6, 6.07) is 0. The second kappa shape index (κ2) is 6.64. The zero-order valence-corrected chi connectivity index (χ0v) is 7.20. The van der Waals surface area contributed by atoms with Gasteiger partial charge in [-0.2, -0.15) is 0 Å². The third-order valence-corrected chi connectivity index (χ3v) is 1.14. The summed E-state index contributed by atoms with van der Waals surface area (Å²) in [6.45, 7) is 5.38. The highest BCUT2D eigenvalue weighted by atomic mass is 14.8. The molecule has 58 valence electrons. The molecule has 0 unspecified atom stereocenters. The van der Waals surface area contributed by atoms with E-state index in [-0.39, 0.29) is 0 Å². The summed E-state index contributed by atoms with van der Waals surface area (Å²) in [5.41, 5.74) is 0. The standard InChI is InChI=1S/C9H17N/c1-9(2)7-5-4-6-8-10-3/h9-10H,6-8H2,1-3H3. The first kappa shape index (κ1) is 9.52. The lowest BCUT2D eigenvalue weighted by Gasteiger charge is -1.93. The molecule has 0 aliphatic heterocycles. The molecule has 0 radical (unpaired) electrons. The summed E-state index contributed by atoms with van der Waals surface area (Å²) in [4.78, 5) is 0. The maximum atomic E-state index is 3.13. The Kier molecular flexibility index (Phi) is 6.32. The van der Waals surface area contributed by atoms with Gasteiger partial charge in [-0.3, -0.25) is 0 Å². The zero-order chi connectivity index (χ0) is 7.82. The predicted molar refractivity (Wildman–Crippen MR) is 45.8 cm³/mol. The summed E-state index contributed by atoms with van der Waals surface area (Å²) in [7, 11) is 1.95. The van der Waals surface area contributed by atoms with Gasteiger partial charge in [0, 0.05) is 19.4 Å². The minimum absolute atomic E-state index is 0.710. The predicted octanol–water partition coefficient (Wildman–Crippen LogP) is 1.65. The maximum Gasteiger partial charge on any atom is 0.0214 e. The van der Waals surface area contributed by atoms with Gasteiger partial charge in [-0.05, 0) is 13.0 Å². The van der Waals surface area contributed by atoms with E-state index in [0.29, 0.717) is 5.92 Å². The molecule has 0 aliphatic rings. The van der Waals surface area contributed by atoms with Gasteiger partial charge in [-0.15, -0.1) is 11.8 Å². The van der Waals surface area contributed by atoms with Gasteiger partial charge in [-0.1, -0.05) is 13.8 Å². The molecule has 0 saturated carbocycles. The van der Waals surface area contributed by atoms with Crippen LogP contribution in [0.2, 0.25) is 0 Å². The van der Waals surface area contributed by atoms with Crippen LogP contribution in [0.5, 0.6) is 0 Å². The molecule has 0 atom stereocenters. The van der Waals surface area contributed by atoms with Crippen LogP contribution in [0.1, 0.15) is 26.7 Å². The number of hydrogen-bond acceptors (Lipinski definition) is 1. The van der Waals surface area contributed by atoms with E-state index in [1.807, 2.05) is 7.05 Å². The summed E-state index contributed by atoms with van der Waals surface area (Å²) in [6.07, 6.45) is 2.01. The first-order chi connectivity index (χ1) is 4.77. The molecule has 0 spiro atoms. The van der Waals surface area contributed by atoms with Gasteiger partial charge in [0.15, 0.2) is 0 Å². The fourth-order valence-electron chi connectivity index (χ4n) is 0.552. The van der Waals surface area contributed by atoms with Gasteiger partial charge < -0.3 is 5.32 Å². The van der Waals surface area contributed by atoms with Crippen molar-refractivity contribution in [1.82, 2.24) is 5.32 Å². The molecule has 1 heteroatoms. The van der Waals surface area contributed by atoms with E-state index in [1.54, 1.807) is 0 Å². The molecule has 0 fully saturated rings. The Morgan fingerprint density at radius 1 is 1.30 bits per heavy atom. The number of nitrogens with one attached hydrogen (secondary N) is 1. The van der Waals surface area contributed by atoms with Crippen LogP contribution in [0.4, 0.5) is 0 Å². The average molecular weight is 139 g/mol. The van der Waals surface area contributed by atoms with E-state index < -0.39 is 0 Å². The Labute approximate surface area is 64.2 Å². The monoisotopic (exact) mass is 139 g/mol. The Morgan fingerprint density at radius 2 is 2.00 bits per heavy atom. The van der Waals surface area contributed by atoms with Crippen LogP contribution in [0.3, 0.4) is 0 Å². The van der Waals surface area contributed by atoms with Crippen LogP contribution >= 0.6 is 0 Å². The smallest absolute Gasteiger partial charge is 0.0214 e. The van der Waals surface area contributed by atoms with Crippen LogP contribution < -0.4 is 5.32 Å². The van der Waals surface area contributed by atoms with Crippen molar-refractivity contribution in [3.8, 4) is 11.8 Å². The van der Waals surface area contributed by atoms with E-state index in [1.165, 1.54) is 0 Å². The Hall–Kier alpha value is -0.480. The van der Waals surface area contributed by atoms with Crippen LogP contribution in [-0.4, -0.2) is 13.6 Å². The molecule has 0 aliphatic carbocycles. The Morgan fingerprint density at radius 3 is 2.50 bits per heavy atom. The molecule has 10 heavy (non-hydrogen) atoms. The molecule has 0 aromatic carbocycles. The molecule has 0 bridgehead atoms. The molecule has 0 saturated heterocycles. The van der Waals surface area contributed by atoms with Crippen molar-refractivity contribution < 1.29 is 0 Å². The van der Waals surface area contributed by atoms with Crippen molar-refractivity contribution >= 4 is 0 Å². The third-order valence-electron chi connectivity index (χ3n) is 1.14. The fourth-order valence-corrected chi connectivity index (χ4v) is 0.552. The lowest BCUT2D eigenvalue weighted by atomic mass is 10.1. The van der Waals surface area contributed by atoms with Crippen LogP contribution in [-0.2, 0) is 0 Å². The van der Waals surface area contributed by atoms with Crippen molar-refractivity contribution in [3.05, 3.63) is 0 Å². The number of rotatable bonds is 3. The first-order valence-electron chi connectivity index (χ1n) is 3.87. The largest absolute Gasteiger partial charge is 0.319 e. The lowest BCUT2D eigenvalue weighted by molar-refractivity contribution is 0.675. The minimum Gasteiger partial charge on any atom is -0.319 e. The highest BCUT2D eigenvalue weighted by Crippen LogP contribution is 1.95. The molecular weight excluding hydrogens is 122 g/mol. The highest BCUT2D eigenvalue weighted by Gasteiger charge is 1.85. The normalized spacial score (nSPS) is 9.20. The van der Waals surface area contributed by atoms with E-state index in [0.717, 1.165) is 19.4 Å². The van der Waals surface area contributed by atoms with Crippen LogP contribution in [0.15, 0.2) is 0 Å². The molecule has 1 N–H and O–H groups in total. The summed E-state index contributed by atoms with van der Waals surface area (Å²) in [5.74, 6) is 6.95. The van der Waals surface area contributed by atoms with Crippen molar-refractivity contribution in [2.75, 3.05) is 13.6 Å². The van der Waals surface area contributed by atoms with Crippen LogP contribution in [0, 0.1) is 17.8 Å². The van der Waals surface area contributed by atoms with Gasteiger partial charge in [0.2, 0.25) is 0 Å². The van der Waals surface area contributed by atoms with E-state index in [2.05, 4.69) is 31.0 Å². The molecule has 1 nitrogen and oxygen atoms in total. The van der Waals surface area contributed by atoms with Crippen molar-refractivity contribution in [2.24, 2.45) is 5.92 Å². The topological polar surface area (TPSA) is 12.0 Å². The van der Waals surface area contributed by atoms with E-state index in [9.17, 15) is 0 Å². The molecule has 0 amide bonds. The highest BCUT2D eigenvalue weighted by molar-refractivity contribution is 4.99. The summed E-state index contributed by atoms with van der Waals surface area (Å²) >= 11 is 0. The zero-order valence-electron chi connectivity index (χ0n) is 7.20. The van der Waals surface area contributed by atoms with Crippen molar-refractivity contribution in [1.29, 1.82) is 0 Å². The first-order valence-corrected chi connectivity index (χ1v) is 3.87. The van der Waals surface area contributed by atoms with E-state index >= 15 is 0 Å². The van der Waals surface area contributed by atoms with Gasteiger partial charge in [0.1, 0.15) is 0 Å². The summed E-state index contributed by atoms with van der Waals surface area (Å²) < 4.78 is 0. The Bertz CT molecular complexity index is 116. The molecule has 0 aromatic heterocycles. The van der Waals surface area contributed by atoms with Gasteiger partial charge in [0.05, 0.1) is 0 Å². The second-order valence-electron chi connectivity index (χ2n) is 2.81. The fraction of sp³-hybridized carbons (Fsp3) is 0.778. The second-order valence-corrected chi connectivity index (χ2v) is 2.81. The Balaban J connectivity index is 3.14. The molecule has 0 rings (SSSR count). The van der Waals surface area contributed by atoms with Crippen molar-refractivity contribution in [3.63, 3.8) is 0 Å². The summed E-state index contributed by atoms with van der Waals surface area (Å²) in [5, 5.41) is 3.05. The molecule has 0 aromatic rings. The molecule has 0 heterocycles. The minimum atomic E-state index is 0.710. The SMILES string of the molecule is CNCCC#CCC(C)C. The van der Waals surface area contributed by atoms with Gasteiger partial charge >= 0.3 is 0 Å². The average Bonchev–Trinajstić information content (AvgIpc) is 1.87. The maximum absolute atomic E-state index is 3.13. The van der Waals surface area contributed by atoms with Gasteiger partial charge in [0.25, 0.3) is 0 Å². The third kappa shape index (κ3) is 7.52. The van der Waals surface area contributed by atoms with E-state index in [4.69, 9.17) is 0 Å². The van der Waals surface area contributed by atoms with Gasteiger partial charge in [-0.25, -0.2) is 0 Å². The van der Waals surface area contributed by atoms with Crippen LogP contribution in [0.25, 0.3) is 0 Å². The number of hydrogen-bond donors (Lipinski definition) is 1. The lowest BCUT2D eigenvalue weighted by Crippen LogP contribution is -2.05. The quantitative estimate of drug-likeness (QED) is 0.463. The molecular formula is C9H17N.